The smallest absolute Gasteiger partial charge is 0.244 e. The van der Waals surface area contributed by atoms with Crippen LogP contribution in [0.3, 0.4) is 0 Å². The average Bonchev–Trinajstić information content (AvgIpc) is 2.79. The monoisotopic (exact) mass is 555 g/mol. The number of rotatable bonds is 11. The molecule has 2 atom stereocenters. The molecule has 0 radical (unpaired) electrons. The number of amides is 2. The van der Waals surface area contributed by atoms with Crippen molar-refractivity contribution in [3.05, 3.63) is 63.1 Å². The van der Waals surface area contributed by atoms with E-state index in [4.69, 9.17) is 23.2 Å². The molecule has 2 amide bonds. The van der Waals surface area contributed by atoms with Crippen molar-refractivity contribution in [2.75, 3.05) is 17.1 Å². The molecule has 0 heterocycles. The number of sulfonamides is 1. The van der Waals surface area contributed by atoms with Gasteiger partial charge in [0.2, 0.25) is 21.8 Å². The van der Waals surface area contributed by atoms with Crippen LogP contribution in [0.5, 0.6) is 0 Å². The van der Waals surface area contributed by atoms with Gasteiger partial charge in [-0.2, -0.15) is 0 Å². The summed E-state index contributed by atoms with van der Waals surface area (Å²) >= 11 is 12.4. The lowest BCUT2D eigenvalue weighted by atomic mass is 10.1. The van der Waals surface area contributed by atoms with Crippen LogP contribution in [-0.4, -0.2) is 50.0 Å². The molecule has 0 unspecified atom stereocenters. The molecule has 1 N–H and O–H groups in total. The molecule has 36 heavy (non-hydrogen) atoms. The number of carbonyl (C=O) groups excluding carboxylic acids is 2. The first kappa shape index (κ1) is 29.9. The molecule has 0 aliphatic carbocycles. The predicted octanol–water partition coefficient (Wildman–Crippen LogP) is 5.10. The van der Waals surface area contributed by atoms with Crippen LogP contribution < -0.4 is 9.62 Å². The maximum absolute atomic E-state index is 13.7. The minimum absolute atomic E-state index is 0.0196. The molecule has 0 bridgehead atoms. The van der Waals surface area contributed by atoms with E-state index in [1.54, 1.807) is 30.3 Å². The van der Waals surface area contributed by atoms with Gasteiger partial charge >= 0.3 is 0 Å². The lowest BCUT2D eigenvalue weighted by Crippen LogP contribution is -2.53. The van der Waals surface area contributed by atoms with E-state index in [2.05, 4.69) is 5.32 Å². The molecule has 0 saturated carbocycles. The van der Waals surface area contributed by atoms with Gasteiger partial charge in [-0.3, -0.25) is 13.9 Å². The fraction of sp³-hybridized carbons (Fsp3) is 0.462. The summed E-state index contributed by atoms with van der Waals surface area (Å²) in [4.78, 5) is 28.3. The van der Waals surface area contributed by atoms with Crippen LogP contribution in [0.1, 0.15) is 50.3 Å². The summed E-state index contributed by atoms with van der Waals surface area (Å²) in [7, 11) is -3.80. The first-order chi connectivity index (χ1) is 16.8. The maximum Gasteiger partial charge on any atom is 0.244 e. The minimum Gasteiger partial charge on any atom is -0.352 e. The Morgan fingerprint density at radius 1 is 1.00 bits per heavy atom. The van der Waals surface area contributed by atoms with Crippen LogP contribution in [0, 0.1) is 13.8 Å². The van der Waals surface area contributed by atoms with Crippen LogP contribution >= 0.6 is 23.2 Å². The molecule has 10 heteroatoms. The Bertz CT molecular complexity index is 1200. The van der Waals surface area contributed by atoms with Crippen molar-refractivity contribution >= 4 is 50.7 Å². The number of benzene rings is 2. The summed E-state index contributed by atoms with van der Waals surface area (Å²) in [5, 5.41) is 3.73. The van der Waals surface area contributed by atoms with Gasteiger partial charge in [0.15, 0.2) is 0 Å². The van der Waals surface area contributed by atoms with E-state index in [-0.39, 0.29) is 18.5 Å². The normalized spacial score (nSPS) is 13.1. The zero-order valence-corrected chi connectivity index (χ0v) is 24.0. The van der Waals surface area contributed by atoms with Gasteiger partial charge in [0, 0.05) is 22.6 Å². The molecule has 2 aromatic rings. The molecule has 7 nitrogen and oxygen atoms in total. The largest absolute Gasteiger partial charge is 0.352 e. The van der Waals surface area contributed by atoms with E-state index in [0.717, 1.165) is 28.1 Å². The van der Waals surface area contributed by atoms with E-state index in [1.807, 2.05) is 40.7 Å². The van der Waals surface area contributed by atoms with Crippen molar-refractivity contribution < 1.29 is 18.0 Å². The number of anilines is 1. The van der Waals surface area contributed by atoms with Crippen LogP contribution in [0.25, 0.3) is 0 Å². The van der Waals surface area contributed by atoms with E-state index >= 15 is 0 Å². The predicted molar refractivity (Wildman–Crippen MR) is 147 cm³/mol. The number of halogens is 2. The van der Waals surface area contributed by atoms with Crippen molar-refractivity contribution in [3.63, 3.8) is 0 Å². The highest BCUT2D eigenvalue weighted by Gasteiger charge is 2.32. The summed E-state index contributed by atoms with van der Waals surface area (Å²) < 4.78 is 26.5. The quantitative estimate of drug-likeness (QED) is 0.418. The Hall–Kier alpha value is -2.29. The third-order valence-electron chi connectivity index (χ3n) is 6.20. The van der Waals surface area contributed by atoms with Crippen molar-refractivity contribution in [2.24, 2.45) is 0 Å². The lowest BCUT2D eigenvalue weighted by molar-refractivity contribution is -0.140. The molecule has 0 aromatic heterocycles. The number of aryl methyl sites for hydroxylation is 2. The summed E-state index contributed by atoms with van der Waals surface area (Å²) in [6.45, 7) is 9.01. The molecule has 0 aliphatic heterocycles. The number of carbonyl (C=O) groups is 2. The third kappa shape index (κ3) is 7.85. The zero-order chi connectivity index (χ0) is 27.2. The van der Waals surface area contributed by atoms with Crippen LogP contribution in [-0.2, 0) is 26.2 Å². The molecule has 0 fully saturated rings. The van der Waals surface area contributed by atoms with Gasteiger partial charge in [-0.1, -0.05) is 49.2 Å². The van der Waals surface area contributed by atoms with Crippen molar-refractivity contribution in [1.29, 1.82) is 0 Å². The van der Waals surface area contributed by atoms with Gasteiger partial charge in [0.25, 0.3) is 0 Å². The topological polar surface area (TPSA) is 86.8 Å². The highest BCUT2D eigenvalue weighted by molar-refractivity contribution is 7.92. The molecule has 0 spiro atoms. The highest BCUT2D eigenvalue weighted by Crippen LogP contribution is 2.25. The molecular weight excluding hydrogens is 521 g/mol. The maximum atomic E-state index is 13.7. The van der Waals surface area contributed by atoms with Gasteiger partial charge in [-0.25, -0.2) is 8.42 Å². The molecular formula is C26H35Cl2N3O4S. The van der Waals surface area contributed by atoms with E-state index < -0.39 is 28.5 Å². The van der Waals surface area contributed by atoms with E-state index in [1.165, 1.54) is 4.90 Å². The van der Waals surface area contributed by atoms with Crippen molar-refractivity contribution in [1.82, 2.24) is 10.2 Å². The Labute approximate surface area is 224 Å². The second-order valence-electron chi connectivity index (χ2n) is 9.04. The molecule has 2 rings (SSSR count). The summed E-state index contributed by atoms with van der Waals surface area (Å²) in [5.41, 5.74) is 2.89. The van der Waals surface area contributed by atoms with Crippen LogP contribution in [0.2, 0.25) is 10.0 Å². The minimum atomic E-state index is -3.80. The molecule has 0 aliphatic rings. The number of nitrogens with one attached hydrogen (secondary N) is 1. The van der Waals surface area contributed by atoms with Crippen LogP contribution in [0.15, 0.2) is 36.4 Å². The fourth-order valence-corrected chi connectivity index (χ4v) is 5.00. The Morgan fingerprint density at radius 3 is 2.19 bits per heavy atom. The molecule has 198 valence electrons. The van der Waals surface area contributed by atoms with Crippen molar-refractivity contribution in [3.8, 4) is 0 Å². The number of hydrogen-bond acceptors (Lipinski definition) is 4. The van der Waals surface area contributed by atoms with Gasteiger partial charge < -0.3 is 10.2 Å². The van der Waals surface area contributed by atoms with Gasteiger partial charge in [0.1, 0.15) is 12.6 Å². The molecule has 0 saturated heterocycles. The standard InChI is InChI=1S/C26H35Cl2N3O4S/c1-7-19(5)29-26(33)24(8-2)30(15-20-10-11-21(27)14-23(20)28)25(32)16-31(36(6,34)35)22-12-9-17(3)18(4)13-22/h9-14,19,24H,7-8,15-16H2,1-6H3,(H,29,33)/t19-,24-/m0/s1. The Morgan fingerprint density at radius 2 is 1.67 bits per heavy atom. The molecule has 2 aromatic carbocycles. The van der Waals surface area contributed by atoms with Gasteiger partial charge in [0.05, 0.1) is 11.9 Å². The SMILES string of the molecule is CC[C@H](C)NC(=O)[C@H](CC)N(Cc1ccc(Cl)cc1Cl)C(=O)CN(c1ccc(C)c(C)c1)S(C)(=O)=O. The first-order valence-corrected chi connectivity index (χ1v) is 14.5. The summed E-state index contributed by atoms with van der Waals surface area (Å²) in [5.74, 6) is -0.821. The Balaban J connectivity index is 2.50. The van der Waals surface area contributed by atoms with E-state index in [9.17, 15) is 18.0 Å². The lowest BCUT2D eigenvalue weighted by Gasteiger charge is -2.33. The third-order valence-corrected chi connectivity index (χ3v) is 7.93. The van der Waals surface area contributed by atoms with E-state index in [0.29, 0.717) is 27.7 Å². The van der Waals surface area contributed by atoms with Crippen LogP contribution in [0.4, 0.5) is 5.69 Å². The summed E-state index contributed by atoms with van der Waals surface area (Å²) in [6, 6.07) is 9.24. The Kier molecular flexibility index (Phi) is 10.6. The zero-order valence-electron chi connectivity index (χ0n) is 21.6. The average molecular weight is 557 g/mol. The highest BCUT2D eigenvalue weighted by atomic mass is 35.5. The van der Waals surface area contributed by atoms with Gasteiger partial charge in [-0.15, -0.1) is 0 Å². The first-order valence-electron chi connectivity index (χ1n) is 11.9. The number of hydrogen-bond donors (Lipinski definition) is 1. The van der Waals surface area contributed by atoms with Crippen molar-refractivity contribution in [2.45, 2.75) is 66.1 Å². The van der Waals surface area contributed by atoms with Gasteiger partial charge in [-0.05, 0) is 74.6 Å². The number of nitrogens with zero attached hydrogens (tertiary/aromatic N) is 2. The second kappa shape index (κ2) is 12.8. The second-order valence-corrected chi connectivity index (χ2v) is 11.8. The fourth-order valence-electron chi connectivity index (χ4n) is 3.69. The summed E-state index contributed by atoms with van der Waals surface area (Å²) in [6.07, 6.45) is 2.12.